The van der Waals surface area contributed by atoms with Gasteiger partial charge in [0.25, 0.3) is 0 Å². The highest BCUT2D eigenvalue weighted by molar-refractivity contribution is 7.61. The molecule has 0 aromatic heterocycles. The van der Waals surface area contributed by atoms with Crippen LogP contribution < -0.4 is 0 Å². The van der Waals surface area contributed by atoms with Crippen LogP contribution in [0.25, 0.3) is 0 Å². The smallest absolute Gasteiger partial charge is 0.302 e. The maximum absolute atomic E-state index is 12.3. The van der Waals surface area contributed by atoms with Crippen molar-refractivity contribution in [1.29, 1.82) is 0 Å². The minimum atomic E-state index is -4.97. The van der Waals surface area contributed by atoms with E-state index in [4.69, 9.17) is 18.8 Å². The monoisotopic (exact) mass is 400 g/mol. The van der Waals surface area contributed by atoms with Crippen LogP contribution in [-0.4, -0.2) is 23.0 Å². The number of rotatable bonds is 17. The second-order valence-corrected chi connectivity index (χ2v) is 9.27. The Morgan fingerprint density at radius 1 is 0.880 bits per heavy atom. The fourth-order valence-corrected chi connectivity index (χ4v) is 4.30. The summed E-state index contributed by atoms with van der Waals surface area (Å²) in [5, 5.41) is 0. The van der Waals surface area contributed by atoms with Crippen LogP contribution in [0.1, 0.15) is 78.1 Å². The van der Waals surface area contributed by atoms with Crippen molar-refractivity contribution in [2.45, 2.75) is 78.1 Å². The molecule has 25 heavy (non-hydrogen) atoms. The van der Waals surface area contributed by atoms with Crippen molar-refractivity contribution in [1.82, 2.24) is 0 Å². The molecule has 1 unspecified atom stereocenters. The number of phosphoric ester groups is 1. The topological polar surface area (TPSA) is 102 Å². The Morgan fingerprint density at radius 2 is 1.36 bits per heavy atom. The summed E-state index contributed by atoms with van der Waals surface area (Å²) < 4.78 is 37.4. The lowest BCUT2D eigenvalue weighted by atomic mass is 10.1. The van der Waals surface area contributed by atoms with Crippen molar-refractivity contribution < 1.29 is 32.3 Å². The molecule has 7 nitrogen and oxygen atoms in total. The summed E-state index contributed by atoms with van der Waals surface area (Å²) in [5.41, 5.74) is 0.793. The quantitative estimate of drug-likeness (QED) is 0.182. The molecule has 0 aromatic rings. The van der Waals surface area contributed by atoms with Gasteiger partial charge in [-0.15, -0.1) is 6.58 Å². The van der Waals surface area contributed by atoms with Crippen LogP contribution in [0.5, 0.6) is 0 Å². The minimum Gasteiger partial charge on any atom is -0.302 e. The SMILES string of the molecule is C=C(C)CCOP(=O)(OCCCCCCCCCCC)OP(=O)(O)O. The fourth-order valence-electron chi connectivity index (χ4n) is 2.14. The first-order valence-electron chi connectivity index (χ1n) is 8.99. The summed E-state index contributed by atoms with van der Waals surface area (Å²) in [6.45, 7) is 7.66. The zero-order chi connectivity index (χ0) is 19.2. The average molecular weight is 400 g/mol. The molecular formula is C16H34O7P2. The summed E-state index contributed by atoms with van der Waals surface area (Å²) in [6.07, 6.45) is 10.4. The fraction of sp³-hybridized carbons (Fsp3) is 0.875. The molecule has 0 saturated heterocycles. The third kappa shape index (κ3) is 17.2. The minimum absolute atomic E-state index is 0.0373. The van der Waals surface area contributed by atoms with Gasteiger partial charge in [-0.2, -0.15) is 4.31 Å². The number of hydrogen-bond donors (Lipinski definition) is 2. The molecule has 0 aromatic carbocycles. The third-order valence-corrected chi connectivity index (χ3v) is 6.13. The van der Waals surface area contributed by atoms with Gasteiger partial charge in [-0.05, 0) is 19.8 Å². The van der Waals surface area contributed by atoms with Gasteiger partial charge in [0.05, 0.1) is 13.2 Å². The van der Waals surface area contributed by atoms with Gasteiger partial charge in [-0.1, -0.05) is 63.9 Å². The third-order valence-electron chi connectivity index (χ3n) is 3.48. The molecule has 2 N–H and O–H groups in total. The van der Waals surface area contributed by atoms with Gasteiger partial charge in [0, 0.05) is 0 Å². The van der Waals surface area contributed by atoms with E-state index < -0.39 is 15.6 Å². The predicted octanol–water partition coefficient (Wildman–Crippen LogP) is 5.73. The van der Waals surface area contributed by atoms with Gasteiger partial charge in [0.2, 0.25) is 0 Å². The molecule has 0 rings (SSSR count). The molecule has 0 saturated carbocycles. The zero-order valence-electron chi connectivity index (χ0n) is 15.5. The molecule has 0 radical (unpaired) electrons. The summed E-state index contributed by atoms with van der Waals surface area (Å²) in [7, 11) is -9.24. The Morgan fingerprint density at radius 3 is 1.84 bits per heavy atom. The normalized spacial score (nSPS) is 14.4. The van der Waals surface area contributed by atoms with Crippen LogP contribution in [0, 0.1) is 0 Å². The zero-order valence-corrected chi connectivity index (χ0v) is 17.3. The molecular weight excluding hydrogens is 366 g/mol. The van der Waals surface area contributed by atoms with E-state index in [1.54, 1.807) is 6.92 Å². The van der Waals surface area contributed by atoms with Gasteiger partial charge < -0.3 is 9.79 Å². The number of phosphoric acid groups is 2. The number of hydrogen-bond acceptors (Lipinski definition) is 5. The standard InChI is InChI=1S/C16H34O7P2/c1-4-5-6-7-8-9-10-11-12-14-21-25(20,23-24(17,18)19)22-15-13-16(2)3/h2,4-15H2,1,3H3,(H2,17,18,19). The summed E-state index contributed by atoms with van der Waals surface area (Å²) in [4.78, 5) is 17.7. The molecule has 0 spiro atoms. The highest BCUT2D eigenvalue weighted by atomic mass is 31.3. The Kier molecular flexibility index (Phi) is 14.1. The Balaban J connectivity index is 4.00. The molecule has 0 heterocycles. The first-order valence-corrected chi connectivity index (χ1v) is 12.0. The molecule has 9 heteroatoms. The van der Waals surface area contributed by atoms with E-state index in [-0.39, 0.29) is 13.2 Å². The van der Waals surface area contributed by atoms with Crippen molar-refractivity contribution in [3.05, 3.63) is 12.2 Å². The summed E-state index contributed by atoms with van der Waals surface area (Å²) >= 11 is 0. The Bertz CT molecular complexity index is 448. The van der Waals surface area contributed by atoms with Crippen LogP contribution in [0.4, 0.5) is 0 Å². The lowest BCUT2D eigenvalue weighted by Crippen LogP contribution is -2.02. The van der Waals surface area contributed by atoms with E-state index in [1.165, 1.54) is 32.1 Å². The summed E-state index contributed by atoms with van der Waals surface area (Å²) in [5.74, 6) is 0. The molecule has 0 fully saturated rings. The molecule has 0 aliphatic carbocycles. The van der Waals surface area contributed by atoms with Crippen LogP contribution in [-0.2, 0) is 22.5 Å². The van der Waals surface area contributed by atoms with E-state index in [0.29, 0.717) is 12.8 Å². The lowest BCUT2D eigenvalue weighted by Gasteiger charge is -2.18. The largest absolute Gasteiger partial charge is 0.483 e. The lowest BCUT2D eigenvalue weighted by molar-refractivity contribution is 0.139. The second kappa shape index (κ2) is 14.1. The van der Waals surface area contributed by atoms with Crippen molar-refractivity contribution in [2.75, 3.05) is 13.2 Å². The maximum atomic E-state index is 12.3. The van der Waals surface area contributed by atoms with Crippen molar-refractivity contribution >= 4 is 15.6 Å². The highest BCUT2D eigenvalue weighted by Gasteiger charge is 2.35. The van der Waals surface area contributed by atoms with E-state index in [0.717, 1.165) is 24.8 Å². The molecule has 0 amide bonds. The van der Waals surface area contributed by atoms with Gasteiger partial charge in [0.15, 0.2) is 0 Å². The first kappa shape index (κ1) is 25.0. The Hall–Kier alpha value is -0.0000000000000000416. The molecule has 1 atom stereocenters. The van der Waals surface area contributed by atoms with Crippen molar-refractivity contribution in [3.8, 4) is 0 Å². The van der Waals surface area contributed by atoms with E-state index >= 15 is 0 Å². The van der Waals surface area contributed by atoms with Gasteiger partial charge >= 0.3 is 15.6 Å². The average Bonchev–Trinajstić information content (AvgIpc) is 2.47. The first-order chi connectivity index (χ1) is 11.7. The Labute approximate surface area is 152 Å². The van der Waals surface area contributed by atoms with E-state index in [2.05, 4.69) is 17.8 Å². The highest BCUT2D eigenvalue weighted by Crippen LogP contribution is 2.61. The molecule has 0 aliphatic rings. The van der Waals surface area contributed by atoms with Crippen LogP contribution >= 0.6 is 15.6 Å². The molecule has 150 valence electrons. The van der Waals surface area contributed by atoms with Gasteiger partial charge in [0.1, 0.15) is 0 Å². The van der Waals surface area contributed by atoms with E-state index in [9.17, 15) is 9.13 Å². The second-order valence-electron chi connectivity index (χ2n) is 6.22. The van der Waals surface area contributed by atoms with Gasteiger partial charge in [-0.25, -0.2) is 9.13 Å². The molecule has 0 bridgehead atoms. The number of unbranched alkanes of at least 4 members (excludes halogenated alkanes) is 8. The van der Waals surface area contributed by atoms with Crippen LogP contribution in [0.15, 0.2) is 12.2 Å². The van der Waals surface area contributed by atoms with Crippen molar-refractivity contribution in [3.63, 3.8) is 0 Å². The summed E-state index contributed by atoms with van der Waals surface area (Å²) in [6, 6.07) is 0. The van der Waals surface area contributed by atoms with Crippen LogP contribution in [0.2, 0.25) is 0 Å². The van der Waals surface area contributed by atoms with E-state index in [1.807, 2.05) is 0 Å². The predicted molar refractivity (Wildman–Crippen MR) is 99.3 cm³/mol. The van der Waals surface area contributed by atoms with Crippen LogP contribution in [0.3, 0.4) is 0 Å². The van der Waals surface area contributed by atoms with Gasteiger partial charge in [-0.3, -0.25) is 9.05 Å². The van der Waals surface area contributed by atoms with Crippen molar-refractivity contribution in [2.24, 2.45) is 0 Å². The maximum Gasteiger partial charge on any atom is 0.483 e. The molecule has 0 aliphatic heterocycles.